The van der Waals surface area contributed by atoms with Gasteiger partial charge in [0.25, 0.3) is 5.91 Å². The number of hydrogen-bond acceptors (Lipinski definition) is 3. The average molecular weight is 296 g/mol. The summed E-state index contributed by atoms with van der Waals surface area (Å²) in [6, 6.07) is 4.30. The van der Waals surface area contributed by atoms with Crippen LogP contribution >= 0.6 is 12.6 Å². The summed E-state index contributed by atoms with van der Waals surface area (Å²) in [7, 11) is 0. The van der Waals surface area contributed by atoms with Gasteiger partial charge in [-0.15, -0.1) is 12.6 Å². The lowest BCUT2D eigenvalue weighted by Gasteiger charge is -2.32. The van der Waals surface area contributed by atoms with Crippen LogP contribution in [0.1, 0.15) is 30.1 Å². The molecule has 0 bridgehead atoms. The summed E-state index contributed by atoms with van der Waals surface area (Å²) in [6.07, 6.45) is 1.38. The molecule has 1 aliphatic rings. The molecule has 6 heteroatoms. The second-order valence-corrected chi connectivity index (χ2v) is 5.45. The molecule has 0 saturated carbocycles. The van der Waals surface area contributed by atoms with Crippen LogP contribution in [0.5, 0.6) is 0 Å². The van der Waals surface area contributed by atoms with Crippen LogP contribution in [0.3, 0.4) is 0 Å². The van der Waals surface area contributed by atoms with Crippen molar-refractivity contribution >= 4 is 24.4 Å². The van der Waals surface area contributed by atoms with E-state index in [1.165, 1.54) is 25.1 Å². The van der Waals surface area contributed by atoms with Crippen LogP contribution in [-0.4, -0.2) is 35.8 Å². The first-order valence-electron chi connectivity index (χ1n) is 6.52. The highest BCUT2D eigenvalue weighted by molar-refractivity contribution is 7.80. The van der Waals surface area contributed by atoms with Crippen molar-refractivity contribution in [1.82, 2.24) is 10.2 Å². The first kappa shape index (κ1) is 14.8. The monoisotopic (exact) mass is 296 g/mol. The lowest BCUT2D eigenvalue weighted by molar-refractivity contribution is -0.119. The van der Waals surface area contributed by atoms with Crippen molar-refractivity contribution < 1.29 is 14.0 Å². The van der Waals surface area contributed by atoms with Gasteiger partial charge in [-0.05, 0) is 31.0 Å². The van der Waals surface area contributed by atoms with Gasteiger partial charge >= 0.3 is 0 Å². The Balaban J connectivity index is 2.01. The molecule has 1 aromatic rings. The molecular formula is C14H17FN2O2S. The first-order valence-corrected chi connectivity index (χ1v) is 6.97. The number of benzene rings is 1. The first-order chi connectivity index (χ1) is 9.47. The van der Waals surface area contributed by atoms with Gasteiger partial charge in [-0.3, -0.25) is 9.59 Å². The molecule has 1 N–H and O–H groups in total. The number of amides is 2. The number of rotatable bonds is 2. The van der Waals surface area contributed by atoms with E-state index in [4.69, 9.17) is 0 Å². The van der Waals surface area contributed by atoms with E-state index >= 15 is 0 Å². The fourth-order valence-electron chi connectivity index (χ4n) is 2.36. The van der Waals surface area contributed by atoms with Crippen LogP contribution in [0.15, 0.2) is 23.1 Å². The Kier molecular flexibility index (Phi) is 4.65. The van der Waals surface area contributed by atoms with E-state index < -0.39 is 5.82 Å². The highest BCUT2D eigenvalue weighted by Gasteiger charge is 2.25. The number of nitrogens with one attached hydrogen (secondary N) is 1. The lowest BCUT2D eigenvalue weighted by Crippen LogP contribution is -2.46. The number of halogens is 1. The number of carbonyl (C=O) groups excluding carboxylic acids is 2. The molecular weight excluding hydrogens is 279 g/mol. The highest BCUT2D eigenvalue weighted by Crippen LogP contribution is 2.18. The summed E-state index contributed by atoms with van der Waals surface area (Å²) in [5, 5.41) is 2.84. The molecule has 0 radical (unpaired) electrons. The third-order valence-electron chi connectivity index (χ3n) is 3.37. The predicted octanol–water partition coefficient (Wildman–Crippen LogP) is 1.86. The summed E-state index contributed by atoms with van der Waals surface area (Å²) in [6.45, 7) is 2.51. The van der Waals surface area contributed by atoms with E-state index in [-0.39, 0.29) is 23.4 Å². The summed E-state index contributed by atoms with van der Waals surface area (Å²) in [4.78, 5) is 25.4. The third-order valence-corrected chi connectivity index (χ3v) is 3.65. The topological polar surface area (TPSA) is 49.4 Å². The van der Waals surface area contributed by atoms with Crippen LogP contribution in [-0.2, 0) is 4.79 Å². The zero-order chi connectivity index (χ0) is 14.7. The summed E-state index contributed by atoms with van der Waals surface area (Å²) < 4.78 is 13.7. The Hall–Kier alpha value is -1.56. The SMILES string of the molecule is CC(=O)NC1CCN(C(=O)c2cc(S)ccc2F)CC1. The minimum Gasteiger partial charge on any atom is -0.353 e. The van der Waals surface area contributed by atoms with Crippen molar-refractivity contribution in [2.75, 3.05) is 13.1 Å². The van der Waals surface area contributed by atoms with Crippen molar-refractivity contribution in [2.45, 2.75) is 30.7 Å². The molecule has 108 valence electrons. The van der Waals surface area contributed by atoms with E-state index in [0.717, 1.165) is 0 Å². The van der Waals surface area contributed by atoms with E-state index in [2.05, 4.69) is 17.9 Å². The number of piperidine rings is 1. The molecule has 20 heavy (non-hydrogen) atoms. The Labute approximate surface area is 122 Å². The summed E-state index contributed by atoms with van der Waals surface area (Å²) in [5.74, 6) is -0.917. The summed E-state index contributed by atoms with van der Waals surface area (Å²) >= 11 is 4.13. The van der Waals surface area contributed by atoms with Crippen molar-refractivity contribution in [2.24, 2.45) is 0 Å². The minimum absolute atomic E-state index is 0.0514. The van der Waals surface area contributed by atoms with Gasteiger partial charge in [0.1, 0.15) is 5.82 Å². The molecule has 1 aromatic carbocycles. The molecule has 4 nitrogen and oxygen atoms in total. The highest BCUT2D eigenvalue weighted by atomic mass is 32.1. The standard InChI is InChI=1S/C14H17FN2O2S/c1-9(18)16-10-4-6-17(7-5-10)14(19)12-8-11(20)2-3-13(12)15/h2-3,8,10,20H,4-7H2,1H3,(H,16,18). The zero-order valence-electron chi connectivity index (χ0n) is 11.2. The van der Waals surface area contributed by atoms with Crippen molar-refractivity contribution in [3.05, 3.63) is 29.6 Å². The third kappa shape index (κ3) is 3.50. The van der Waals surface area contributed by atoms with Crippen molar-refractivity contribution in [1.29, 1.82) is 0 Å². The molecule has 0 atom stereocenters. The van der Waals surface area contributed by atoms with Gasteiger partial charge in [-0.25, -0.2) is 4.39 Å². The molecule has 0 unspecified atom stereocenters. The minimum atomic E-state index is -0.531. The van der Waals surface area contributed by atoms with Gasteiger partial charge in [0.15, 0.2) is 0 Å². The van der Waals surface area contributed by atoms with Crippen LogP contribution in [0, 0.1) is 5.82 Å². The number of likely N-dealkylation sites (tertiary alicyclic amines) is 1. The van der Waals surface area contributed by atoms with Crippen LogP contribution < -0.4 is 5.32 Å². The van der Waals surface area contributed by atoms with Gasteiger partial charge in [0.2, 0.25) is 5.91 Å². The van der Waals surface area contributed by atoms with Gasteiger partial charge in [0.05, 0.1) is 5.56 Å². The second kappa shape index (κ2) is 6.26. The molecule has 0 aromatic heterocycles. The maximum absolute atomic E-state index is 13.7. The fraction of sp³-hybridized carbons (Fsp3) is 0.429. The van der Waals surface area contributed by atoms with Gasteiger partial charge < -0.3 is 10.2 Å². The number of hydrogen-bond donors (Lipinski definition) is 2. The Morgan fingerprint density at radius 2 is 2.00 bits per heavy atom. The van der Waals surface area contributed by atoms with Crippen LogP contribution in [0.25, 0.3) is 0 Å². The van der Waals surface area contributed by atoms with E-state index in [9.17, 15) is 14.0 Å². The fourth-order valence-corrected chi connectivity index (χ4v) is 2.57. The molecule has 2 amide bonds. The largest absolute Gasteiger partial charge is 0.353 e. The Morgan fingerprint density at radius 3 is 2.60 bits per heavy atom. The van der Waals surface area contributed by atoms with Crippen LogP contribution in [0.4, 0.5) is 4.39 Å². The average Bonchev–Trinajstić information content (AvgIpc) is 2.41. The van der Waals surface area contributed by atoms with Gasteiger partial charge in [0, 0.05) is 31.0 Å². The maximum atomic E-state index is 13.7. The Morgan fingerprint density at radius 1 is 1.35 bits per heavy atom. The molecule has 1 aliphatic heterocycles. The Bertz CT molecular complexity index is 528. The molecule has 1 saturated heterocycles. The smallest absolute Gasteiger partial charge is 0.256 e. The quantitative estimate of drug-likeness (QED) is 0.818. The number of thiol groups is 1. The number of carbonyl (C=O) groups is 2. The second-order valence-electron chi connectivity index (χ2n) is 4.93. The van der Waals surface area contributed by atoms with Gasteiger partial charge in [-0.1, -0.05) is 0 Å². The summed E-state index contributed by atoms with van der Waals surface area (Å²) in [5.41, 5.74) is 0.0514. The predicted molar refractivity (Wildman–Crippen MR) is 76.4 cm³/mol. The molecule has 2 rings (SSSR count). The molecule has 1 heterocycles. The maximum Gasteiger partial charge on any atom is 0.256 e. The van der Waals surface area contributed by atoms with Gasteiger partial charge in [-0.2, -0.15) is 0 Å². The van der Waals surface area contributed by atoms with E-state index in [0.29, 0.717) is 30.8 Å². The van der Waals surface area contributed by atoms with Crippen molar-refractivity contribution in [3.63, 3.8) is 0 Å². The normalized spacial score (nSPS) is 16.1. The molecule has 0 spiro atoms. The van der Waals surface area contributed by atoms with Crippen molar-refractivity contribution in [3.8, 4) is 0 Å². The molecule has 1 fully saturated rings. The van der Waals surface area contributed by atoms with Crippen LogP contribution in [0.2, 0.25) is 0 Å². The zero-order valence-corrected chi connectivity index (χ0v) is 12.1. The lowest BCUT2D eigenvalue weighted by atomic mass is 10.0. The number of nitrogens with zero attached hydrogens (tertiary/aromatic N) is 1. The molecule has 0 aliphatic carbocycles. The van der Waals surface area contributed by atoms with E-state index in [1.807, 2.05) is 0 Å². The van der Waals surface area contributed by atoms with E-state index in [1.54, 1.807) is 4.90 Å².